The molecule has 0 radical (unpaired) electrons. The third-order valence-corrected chi connectivity index (χ3v) is 2.94. The van der Waals surface area contributed by atoms with Crippen molar-refractivity contribution in [2.45, 2.75) is 53.4 Å². The lowest BCUT2D eigenvalue weighted by Gasteiger charge is -2.12. The molecule has 0 bridgehead atoms. The number of aryl methyl sites for hydroxylation is 4. The average molecular weight is 190 g/mol. The maximum Gasteiger partial charge on any atom is -0.0279 e. The highest BCUT2D eigenvalue weighted by Crippen LogP contribution is 2.19. The zero-order valence-electron chi connectivity index (χ0n) is 9.98. The van der Waals surface area contributed by atoms with Crippen molar-refractivity contribution in [1.82, 2.24) is 0 Å². The fraction of sp³-hybridized carbons (Fsp3) is 0.571. The Labute approximate surface area is 88.4 Å². The second-order valence-electron chi connectivity index (χ2n) is 4.00. The first-order valence-corrected chi connectivity index (χ1v) is 5.84. The van der Waals surface area contributed by atoms with Crippen LogP contribution in [0.25, 0.3) is 0 Å². The fourth-order valence-corrected chi connectivity index (χ4v) is 2.08. The quantitative estimate of drug-likeness (QED) is 0.671. The van der Waals surface area contributed by atoms with Crippen molar-refractivity contribution in [2.24, 2.45) is 0 Å². The van der Waals surface area contributed by atoms with Crippen LogP contribution in [0.4, 0.5) is 0 Å². The molecule has 0 heterocycles. The van der Waals surface area contributed by atoms with Crippen LogP contribution in [0.15, 0.2) is 12.1 Å². The maximum atomic E-state index is 2.41. The number of benzene rings is 1. The van der Waals surface area contributed by atoms with Crippen LogP contribution in [-0.4, -0.2) is 0 Å². The van der Waals surface area contributed by atoms with Gasteiger partial charge in [-0.05, 0) is 48.4 Å². The van der Waals surface area contributed by atoms with Gasteiger partial charge in [-0.3, -0.25) is 0 Å². The van der Waals surface area contributed by atoms with Crippen molar-refractivity contribution < 1.29 is 0 Å². The molecule has 0 saturated heterocycles. The minimum atomic E-state index is 1.16. The summed E-state index contributed by atoms with van der Waals surface area (Å²) in [5.41, 5.74) is 6.09. The molecule has 1 rings (SSSR count). The summed E-state index contributed by atoms with van der Waals surface area (Å²) < 4.78 is 0. The molecule has 0 nitrogen and oxygen atoms in total. The van der Waals surface area contributed by atoms with Crippen molar-refractivity contribution in [1.29, 1.82) is 0 Å². The van der Waals surface area contributed by atoms with Crippen LogP contribution >= 0.6 is 0 Å². The van der Waals surface area contributed by atoms with E-state index in [1.54, 1.807) is 11.1 Å². The van der Waals surface area contributed by atoms with E-state index in [0.29, 0.717) is 0 Å². The first-order chi connectivity index (χ1) is 6.72. The maximum absolute atomic E-state index is 2.41. The Morgan fingerprint density at radius 2 is 1.50 bits per heavy atom. The van der Waals surface area contributed by atoms with Crippen LogP contribution in [0, 0.1) is 6.92 Å². The van der Waals surface area contributed by atoms with Gasteiger partial charge in [0.1, 0.15) is 0 Å². The van der Waals surface area contributed by atoms with Crippen molar-refractivity contribution in [3.8, 4) is 0 Å². The van der Waals surface area contributed by atoms with Gasteiger partial charge in [0.05, 0.1) is 0 Å². The molecular formula is C14H22. The van der Waals surface area contributed by atoms with Gasteiger partial charge in [-0.2, -0.15) is 0 Å². The molecule has 0 saturated carbocycles. The predicted octanol–water partition coefficient (Wildman–Crippen LogP) is 4.07. The molecule has 0 unspecified atom stereocenters. The molecule has 1 aromatic carbocycles. The van der Waals surface area contributed by atoms with Crippen LogP contribution in [0.5, 0.6) is 0 Å². The molecule has 1 aromatic rings. The third-order valence-electron chi connectivity index (χ3n) is 2.94. The average Bonchev–Trinajstić information content (AvgIpc) is 2.20. The van der Waals surface area contributed by atoms with Gasteiger partial charge >= 0.3 is 0 Å². The van der Waals surface area contributed by atoms with E-state index in [-0.39, 0.29) is 0 Å². The van der Waals surface area contributed by atoms with E-state index in [1.165, 1.54) is 30.4 Å². The van der Waals surface area contributed by atoms with Crippen molar-refractivity contribution in [3.05, 3.63) is 34.4 Å². The second kappa shape index (κ2) is 5.19. The van der Waals surface area contributed by atoms with Gasteiger partial charge in [-0.1, -0.05) is 39.3 Å². The van der Waals surface area contributed by atoms with E-state index in [9.17, 15) is 0 Å². The molecule has 0 spiro atoms. The lowest BCUT2D eigenvalue weighted by atomic mass is 9.94. The Hall–Kier alpha value is -0.780. The van der Waals surface area contributed by atoms with E-state index in [2.05, 4.69) is 39.8 Å². The largest absolute Gasteiger partial charge is 0.0651 e. The molecule has 0 aliphatic carbocycles. The number of rotatable bonds is 4. The molecule has 0 amide bonds. The zero-order chi connectivity index (χ0) is 10.6. The highest BCUT2D eigenvalue weighted by molar-refractivity contribution is 5.38. The Balaban J connectivity index is 3.11. The summed E-state index contributed by atoms with van der Waals surface area (Å²) in [4.78, 5) is 0. The molecule has 0 fully saturated rings. The summed E-state index contributed by atoms with van der Waals surface area (Å²) in [6.07, 6.45) is 4.81. The van der Waals surface area contributed by atoms with Gasteiger partial charge in [0.15, 0.2) is 0 Å². The Bertz CT molecular complexity index is 297. The van der Waals surface area contributed by atoms with E-state index >= 15 is 0 Å². The van der Waals surface area contributed by atoms with Gasteiger partial charge in [0.2, 0.25) is 0 Å². The van der Waals surface area contributed by atoms with E-state index in [4.69, 9.17) is 0 Å². The summed E-state index contributed by atoms with van der Waals surface area (Å²) >= 11 is 0. The van der Waals surface area contributed by atoms with Gasteiger partial charge in [-0.15, -0.1) is 0 Å². The molecule has 14 heavy (non-hydrogen) atoms. The van der Waals surface area contributed by atoms with Crippen molar-refractivity contribution in [3.63, 3.8) is 0 Å². The molecular weight excluding hydrogens is 168 g/mol. The third kappa shape index (κ3) is 2.37. The van der Waals surface area contributed by atoms with E-state index < -0.39 is 0 Å². The first kappa shape index (κ1) is 11.3. The van der Waals surface area contributed by atoms with Gasteiger partial charge in [0, 0.05) is 0 Å². The SMILES string of the molecule is CCCc1cc(CC)c(C)cc1CC. The van der Waals surface area contributed by atoms with Crippen LogP contribution < -0.4 is 0 Å². The summed E-state index contributed by atoms with van der Waals surface area (Å²) in [7, 11) is 0. The summed E-state index contributed by atoms with van der Waals surface area (Å²) in [5, 5.41) is 0. The smallest absolute Gasteiger partial charge is 0.0279 e. The minimum Gasteiger partial charge on any atom is -0.0651 e. The monoisotopic (exact) mass is 190 g/mol. The fourth-order valence-electron chi connectivity index (χ4n) is 2.08. The highest BCUT2D eigenvalue weighted by atomic mass is 14.1. The standard InChI is InChI=1S/C14H22/c1-5-8-14-10-12(6-2)11(4)9-13(14)7-3/h9-10H,5-8H2,1-4H3. The van der Waals surface area contributed by atoms with E-state index in [1.807, 2.05) is 0 Å². The number of hydrogen-bond donors (Lipinski definition) is 0. The molecule has 0 aliphatic rings. The Morgan fingerprint density at radius 1 is 0.857 bits per heavy atom. The van der Waals surface area contributed by atoms with Crippen LogP contribution in [-0.2, 0) is 19.3 Å². The topological polar surface area (TPSA) is 0 Å². The molecule has 0 heteroatoms. The summed E-state index contributed by atoms with van der Waals surface area (Å²) in [6.45, 7) is 8.97. The summed E-state index contributed by atoms with van der Waals surface area (Å²) in [6, 6.07) is 4.79. The Morgan fingerprint density at radius 3 is 2.00 bits per heavy atom. The van der Waals surface area contributed by atoms with E-state index in [0.717, 1.165) is 6.42 Å². The molecule has 0 atom stereocenters. The number of hydrogen-bond acceptors (Lipinski definition) is 0. The highest BCUT2D eigenvalue weighted by Gasteiger charge is 2.04. The predicted molar refractivity (Wildman–Crippen MR) is 63.9 cm³/mol. The van der Waals surface area contributed by atoms with Crippen LogP contribution in [0.3, 0.4) is 0 Å². The first-order valence-electron chi connectivity index (χ1n) is 5.84. The zero-order valence-corrected chi connectivity index (χ0v) is 9.98. The lowest BCUT2D eigenvalue weighted by molar-refractivity contribution is 0.891. The summed E-state index contributed by atoms with van der Waals surface area (Å²) in [5.74, 6) is 0. The minimum absolute atomic E-state index is 1.16. The van der Waals surface area contributed by atoms with Gasteiger partial charge < -0.3 is 0 Å². The Kier molecular flexibility index (Phi) is 4.19. The molecule has 0 N–H and O–H groups in total. The normalized spacial score (nSPS) is 10.6. The lowest BCUT2D eigenvalue weighted by Crippen LogP contribution is -1.97. The van der Waals surface area contributed by atoms with Crippen LogP contribution in [0.1, 0.15) is 49.4 Å². The van der Waals surface area contributed by atoms with Crippen molar-refractivity contribution in [2.75, 3.05) is 0 Å². The molecule has 0 aliphatic heterocycles. The molecule has 78 valence electrons. The van der Waals surface area contributed by atoms with Gasteiger partial charge in [0.25, 0.3) is 0 Å². The van der Waals surface area contributed by atoms with Crippen LogP contribution in [0.2, 0.25) is 0 Å². The molecule has 0 aromatic heterocycles. The van der Waals surface area contributed by atoms with Gasteiger partial charge in [-0.25, -0.2) is 0 Å². The second-order valence-corrected chi connectivity index (χ2v) is 4.00. The van der Waals surface area contributed by atoms with Crippen molar-refractivity contribution >= 4 is 0 Å².